The molecule has 7 heteroatoms. The topological polar surface area (TPSA) is 60.5 Å². The molecule has 0 unspecified atom stereocenters. The predicted octanol–water partition coefficient (Wildman–Crippen LogP) is 2.78. The fourth-order valence-electron chi connectivity index (χ4n) is 2.06. The van der Waals surface area contributed by atoms with Crippen LogP contribution in [0.2, 0.25) is 0 Å². The number of nitrogens with zero attached hydrogens (tertiary/aromatic N) is 1. The van der Waals surface area contributed by atoms with Crippen molar-refractivity contribution in [2.24, 2.45) is 0 Å². The van der Waals surface area contributed by atoms with Crippen LogP contribution in [0.15, 0.2) is 5.38 Å². The molecule has 0 saturated carbocycles. The molecule has 0 aliphatic carbocycles. The lowest BCUT2D eigenvalue weighted by Crippen LogP contribution is -2.23. The number of carbonyl (C=O) groups excluding carboxylic acids is 1. The zero-order chi connectivity index (χ0) is 14.8. The number of hydrogen-bond acceptors (Lipinski definition) is 6. The van der Waals surface area contributed by atoms with Gasteiger partial charge in [0.2, 0.25) is 0 Å². The Labute approximate surface area is 130 Å². The minimum Gasteiger partial charge on any atom is -0.485 e. The van der Waals surface area contributed by atoms with Gasteiger partial charge in [-0.2, -0.15) is 0 Å². The van der Waals surface area contributed by atoms with Crippen LogP contribution in [-0.4, -0.2) is 24.1 Å². The Balaban J connectivity index is 1.69. The van der Waals surface area contributed by atoms with Gasteiger partial charge in [-0.3, -0.25) is 4.79 Å². The van der Waals surface area contributed by atoms with Crippen LogP contribution in [-0.2, 0) is 13.0 Å². The van der Waals surface area contributed by atoms with Crippen molar-refractivity contribution >= 4 is 28.6 Å². The second-order valence-corrected chi connectivity index (χ2v) is 6.66. The summed E-state index contributed by atoms with van der Waals surface area (Å²) in [4.78, 5) is 18.4. The lowest BCUT2D eigenvalue weighted by atomic mass is 10.3. The van der Waals surface area contributed by atoms with E-state index in [2.05, 4.69) is 17.2 Å². The molecule has 0 radical (unpaired) electrons. The molecule has 1 aliphatic rings. The van der Waals surface area contributed by atoms with Gasteiger partial charge in [0, 0.05) is 10.3 Å². The third-order valence-electron chi connectivity index (χ3n) is 3.16. The molecule has 1 N–H and O–H groups in total. The summed E-state index contributed by atoms with van der Waals surface area (Å²) in [7, 11) is 0. The number of nitrogens with one attached hydrogen (secondary N) is 1. The lowest BCUT2D eigenvalue weighted by molar-refractivity contribution is 0.0946. The van der Waals surface area contributed by atoms with Crippen molar-refractivity contribution in [3.8, 4) is 11.5 Å². The molecule has 1 aliphatic heterocycles. The SMILES string of the molecule is CCc1nc(C)c(CNC(=O)c2scc3c2OCCO3)s1. The number of hydrogen-bond donors (Lipinski definition) is 1. The highest BCUT2D eigenvalue weighted by Crippen LogP contribution is 2.39. The molecule has 21 heavy (non-hydrogen) atoms. The quantitative estimate of drug-likeness (QED) is 0.939. The zero-order valence-electron chi connectivity index (χ0n) is 11.9. The van der Waals surface area contributed by atoms with E-state index in [0.29, 0.717) is 36.1 Å². The summed E-state index contributed by atoms with van der Waals surface area (Å²) in [5, 5.41) is 5.85. The summed E-state index contributed by atoms with van der Waals surface area (Å²) in [5.41, 5.74) is 0.991. The number of thiophene rings is 1. The summed E-state index contributed by atoms with van der Waals surface area (Å²) in [6, 6.07) is 0. The minimum absolute atomic E-state index is 0.127. The molecule has 0 bridgehead atoms. The monoisotopic (exact) mass is 324 g/mol. The van der Waals surface area contributed by atoms with Gasteiger partial charge in [-0.15, -0.1) is 22.7 Å². The molecule has 2 aromatic rings. The fourth-order valence-corrected chi connectivity index (χ4v) is 3.86. The molecule has 112 valence electrons. The molecule has 5 nitrogen and oxygen atoms in total. The third-order valence-corrected chi connectivity index (χ3v) is 5.40. The lowest BCUT2D eigenvalue weighted by Gasteiger charge is -2.15. The van der Waals surface area contributed by atoms with E-state index in [1.165, 1.54) is 11.3 Å². The molecule has 0 saturated heterocycles. The molecule has 1 amide bonds. The Hall–Kier alpha value is -1.60. The number of thiazole rings is 1. The van der Waals surface area contributed by atoms with Gasteiger partial charge in [0.25, 0.3) is 5.91 Å². The van der Waals surface area contributed by atoms with Crippen molar-refractivity contribution in [3.63, 3.8) is 0 Å². The van der Waals surface area contributed by atoms with Crippen LogP contribution in [0, 0.1) is 6.92 Å². The zero-order valence-corrected chi connectivity index (χ0v) is 13.5. The predicted molar refractivity (Wildman–Crippen MR) is 82.7 cm³/mol. The fraction of sp³-hybridized carbons (Fsp3) is 0.429. The highest BCUT2D eigenvalue weighted by Gasteiger charge is 2.23. The van der Waals surface area contributed by atoms with Gasteiger partial charge in [0.05, 0.1) is 17.2 Å². The van der Waals surface area contributed by atoms with Crippen LogP contribution in [0.4, 0.5) is 0 Å². The maximum atomic E-state index is 12.3. The first-order valence-corrected chi connectivity index (χ1v) is 8.49. The van der Waals surface area contributed by atoms with Gasteiger partial charge in [0.15, 0.2) is 11.5 Å². The molecule has 3 heterocycles. The third kappa shape index (κ3) is 2.89. The molecule has 0 atom stereocenters. The van der Waals surface area contributed by atoms with E-state index in [9.17, 15) is 4.79 Å². The van der Waals surface area contributed by atoms with Crippen molar-refractivity contribution in [2.45, 2.75) is 26.8 Å². The van der Waals surface area contributed by atoms with Crippen LogP contribution >= 0.6 is 22.7 Å². The smallest absolute Gasteiger partial charge is 0.265 e. The van der Waals surface area contributed by atoms with E-state index < -0.39 is 0 Å². The molecule has 0 spiro atoms. The van der Waals surface area contributed by atoms with Crippen LogP contribution in [0.25, 0.3) is 0 Å². The van der Waals surface area contributed by atoms with Gasteiger partial charge in [-0.1, -0.05) is 6.92 Å². The number of aromatic nitrogens is 1. The Morgan fingerprint density at radius 2 is 2.24 bits per heavy atom. The van der Waals surface area contributed by atoms with Crippen molar-refractivity contribution in [2.75, 3.05) is 13.2 Å². The van der Waals surface area contributed by atoms with Crippen molar-refractivity contribution in [3.05, 3.63) is 25.8 Å². The summed E-state index contributed by atoms with van der Waals surface area (Å²) in [5.74, 6) is 1.11. The minimum atomic E-state index is -0.127. The van der Waals surface area contributed by atoms with E-state index in [-0.39, 0.29) is 5.91 Å². The van der Waals surface area contributed by atoms with E-state index in [1.54, 1.807) is 11.3 Å². The number of aryl methyl sites for hydroxylation is 2. The maximum Gasteiger partial charge on any atom is 0.265 e. The first kappa shape index (κ1) is 14.3. The molecular formula is C14H16N2O3S2. The number of amides is 1. The van der Waals surface area contributed by atoms with E-state index in [0.717, 1.165) is 22.0 Å². The van der Waals surface area contributed by atoms with Gasteiger partial charge in [-0.25, -0.2) is 4.98 Å². The molecule has 0 aromatic carbocycles. The van der Waals surface area contributed by atoms with Crippen LogP contribution < -0.4 is 14.8 Å². The largest absolute Gasteiger partial charge is 0.485 e. The summed E-state index contributed by atoms with van der Waals surface area (Å²) < 4.78 is 11.0. The Bertz CT molecular complexity index is 663. The Kier molecular flexibility index (Phi) is 4.12. The van der Waals surface area contributed by atoms with Crippen molar-refractivity contribution < 1.29 is 14.3 Å². The summed E-state index contributed by atoms with van der Waals surface area (Å²) >= 11 is 3.00. The Morgan fingerprint density at radius 3 is 3.00 bits per heavy atom. The maximum absolute atomic E-state index is 12.3. The van der Waals surface area contributed by atoms with E-state index >= 15 is 0 Å². The van der Waals surface area contributed by atoms with E-state index in [4.69, 9.17) is 9.47 Å². The normalized spacial score (nSPS) is 13.2. The molecule has 0 fully saturated rings. The van der Waals surface area contributed by atoms with Crippen LogP contribution in [0.5, 0.6) is 11.5 Å². The highest BCUT2D eigenvalue weighted by molar-refractivity contribution is 7.13. The summed E-state index contributed by atoms with van der Waals surface area (Å²) in [6.45, 7) is 5.56. The Morgan fingerprint density at radius 1 is 1.43 bits per heavy atom. The first-order chi connectivity index (χ1) is 10.2. The second kappa shape index (κ2) is 6.03. The average Bonchev–Trinajstić information content (AvgIpc) is 3.08. The number of rotatable bonds is 4. The highest BCUT2D eigenvalue weighted by atomic mass is 32.1. The first-order valence-electron chi connectivity index (χ1n) is 6.79. The van der Waals surface area contributed by atoms with Crippen LogP contribution in [0.3, 0.4) is 0 Å². The second-order valence-electron chi connectivity index (χ2n) is 4.61. The number of carbonyl (C=O) groups is 1. The molecule has 2 aromatic heterocycles. The summed E-state index contributed by atoms with van der Waals surface area (Å²) in [6.07, 6.45) is 0.920. The molecule has 3 rings (SSSR count). The van der Waals surface area contributed by atoms with Crippen LogP contribution in [0.1, 0.15) is 32.2 Å². The molecular weight excluding hydrogens is 308 g/mol. The number of ether oxygens (including phenoxy) is 2. The number of fused-ring (bicyclic) bond motifs is 1. The van der Waals surface area contributed by atoms with Crippen molar-refractivity contribution in [1.82, 2.24) is 10.3 Å². The standard InChI is InChI=1S/C14H16N2O3S2/c1-3-11-16-8(2)10(21-11)6-15-14(17)13-12-9(7-20-13)18-4-5-19-12/h7H,3-6H2,1-2H3,(H,15,17). The van der Waals surface area contributed by atoms with Gasteiger partial charge in [-0.05, 0) is 13.3 Å². The van der Waals surface area contributed by atoms with E-state index in [1.807, 2.05) is 12.3 Å². The van der Waals surface area contributed by atoms with Gasteiger partial charge in [0.1, 0.15) is 18.1 Å². The average molecular weight is 324 g/mol. The van der Waals surface area contributed by atoms with Gasteiger partial charge >= 0.3 is 0 Å². The van der Waals surface area contributed by atoms with Crippen molar-refractivity contribution in [1.29, 1.82) is 0 Å². The van der Waals surface area contributed by atoms with Gasteiger partial charge < -0.3 is 14.8 Å².